The quantitative estimate of drug-likeness (QED) is 0.612. The molecule has 0 spiro atoms. The summed E-state index contributed by atoms with van der Waals surface area (Å²) in [5.74, 6) is 1.39. The highest BCUT2D eigenvalue weighted by atomic mass is 32.2. The molecule has 0 bridgehead atoms. The van der Waals surface area contributed by atoms with Gasteiger partial charge in [-0.25, -0.2) is 0 Å². The molecule has 3 nitrogen and oxygen atoms in total. The number of rotatable bonds is 5. The lowest BCUT2D eigenvalue weighted by atomic mass is 10.1. The molecule has 0 fully saturated rings. The van der Waals surface area contributed by atoms with E-state index in [0.717, 1.165) is 11.3 Å². The van der Waals surface area contributed by atoms with Gasteiger partial charge in [-0.2, -0.15) is 0 Å². The van der Waals surface area contributed by atoms with Crippen LogP contribution in [0, 0.1) is 6.92 Å². The van der Waals surface area contributed by atoms with E-state index in [2.05, 4.69) is 47.6 Å². The Labute approximate surface area is 138 Å². The molecule has 0 amide bonds. The van der Waals surface area contributed by atoms with Gasteiger partial charge in [0.1, 0.15) is 0 Å². The minimum Gasteiger partial charge on any atom is -0.411 e. The zero-order chi connectivity index (χ0) is 15.4. The number of aryl methyl sites for hydroxylation is 1. The second-order valence-electron chi connectivity index (χ2n) is 4.88. The van der Waals surface area contributed by atoms with Crippen LogP contribution in [0.4, 0.5) is 0 Å². The number of nitrogens with zero attached hydrogens (tertiary/aromatic N) is 2. The molecule has 1 aromatic heterocycles. The van der Waals surface area contributed by atoms with Crippen molar-refractivity contribution >= 4 is 23.5 Å². The average molecular weight is 328 g/mol. The van der Waals surface area contributed by atoms with Crippen molar-refractivity contribution < 1.29 is 4.42 Å². The van der Waals surface area contributed by atoms with E-state index in [1.807, 2.05) is 24.3 Å². The normalized spacial score (nSPS) is 10.8. The first-order chi connectivity index (χ1) is 10.7. The van der Waals surface area contributed by atoms with Crippen molar-refractivity contribution in [2.75, 3.05) is 6.26 Å². The topological polar surface area (TPSA) is 38.9 Å². The van der Waals surface area contributed by atoms with Crippen LogP contribution < -0.4 is 0 Å². The number of hydrogen-bond donors (Lipinski definition) is 0. The van der Waals surface area contributed by atoms with Crippen LogP contribution >= 0.6 is 23.5 Å². The van der Waals surface area contributed by atoms with Gasteiger partial charge < -0.3 is 4.42 Å². The lowest BCUT2D eigenvalue weighted by Crippen LogP contribution is -1.80. The van der Waals surface area contributed by atoms with Crippen molar-refractivity contribution in [3.05, 3.63) is 59.7 Å². The van der Waals surface area contributed by atoms with Crippen molar-refractivity contribution in [2.45, 2.75) is 22.8 Å². The summed E-state index contributed by atoms with van der Waals surface area (Å²) < 4.78 is 5.71. The Hall–Kier alpha value is -1.72. The van der Waals surface area contributed by atoms with Gasteiger partial charge in [0.2, 0.25) is 5.89 Å². The Kier molecular flexibility index (Phi) is 4.85. The fourth-order valence-electron chi connectivity index (χ4n) is 1.95. The van der Waals surface area contributed by atoms with Crippen molar-refractivity contribution in [3.63, 3.8) is 0 Å². The van der Waals surface area contributed by atoms with Crippen LogP contribution in [0.3, 0.4) is 0 Å². The van der Waals surface area contributed by atoms with Gasteiger partial charge in [0.05, 0.1) is 0 Å². The molecule has 0 saturated carbocycles. The van der Waals surface area contributed by atoms with Crippen molar-refractivity contribution in [1.82, 2.24) is 10.2 Å². The van der Waals surface area contributed by atoms with Gasteiger partial charge in [0.15, 0.2) is 0 Å². The molecule has 0 saturated heterocycles. The van der Waals surface area contributed by atoms with Crippen LogP contribution in [-0.2, 0) is 5.75 Å². The minimum absolute atomic E-state index is 0.570. The predicted octanol–water partition coefficient (Wildman–Crippen LogP) is 5.06. The van der Waals surface area contributed by atoms with Gasteiger partial charge >= 0.3 is 0 Å². The number of thioether (sulfide) groups is 2. The molecule has 0 aliphatic carbocycles. The summed E-state index contributed by atoms with van der Waals surface area (Å²) in [7, 11) is 0. The second-order valence-corrected chi connectivity index (χ2v) is 6.68. The standard InChI is InChI=1S/C17H16N2OS2/c1-12-3-7-14(8-4-12)16-18-19-17(20-16)22-11-13-5-9-15(21-2)10-6-13/h3-10H,11H2,1-2H3. The largest absolute Gasteiger partial charge is 0.411 e. The third-order valence-corrected chi connectivity index (χ3v) is 4.86. The average Bonchev–Trinajstić information content (AvgIpc) is 3.03. The van der Waals surface area contributed by atoms with Crippen molar-refractivity contribution in [2.24, 2.45) is 0 Å². The zero-order valence-corrected chi connectivity index (χ0v) is 14.1. The summed E-state index contributed by atoms with van der Waals surface area (Å²) in [6.45, 7) is 2.06. The fourth-order valence-corrected chi connectivity index (χ4v) is 3.07. The van der Waals surface area contributed by atoms with Crippen LogP contribution in [0.5, 0.6) is 0 Å². The Bertz CT molecular complexity index is 736. The Morgan fingerprint density at radius 3 is 2.36 bits per heavy atom. The van der Waals surface area contributed by atoms with E-state index in [9.17, 15) is 0 Å². The molecular formula is C17H16N2OS2. The highest BCUT2D eigenvalue weighted by Crippen LogP contribution is 2.26. The minimum atomic E-state index is 0.570. The summed E-state index contributed by atoms with van der Waals surface area (Å²) in [5.41, 5.74) is 3.42. The lowest BCUT2D eigenvalue weighted by Gasteiger charge is -2.00. The van der Waals surface area contributed by atoms with Crippen molar-refractivity contribution in [3.8, 4) is 11.5 Å². The molecule has 22 heavy (non-hydrogen) atoms. The van der Waals surface area contributed by atoms with Crippen LogP contribution in [0.2, 0.25) is 0 Å². The molecule has 1 heterocycles. The van der Waals surface area contributed by atoms with Gasteiger partial charge in [-0.1, -0.05) is 41.6 Å². The predicted molar refractivity (Wildman–Crippen MR) is 92.3 cm³/mol. The molecule has 2 aromatic carbocycles. The summed E-state index contributed by atoms with van der Waals surface area (Å²) in [6.07, 6.45) is 2.08. The first-order valence-corrected chi connectivity index (χ1v) is 9.12. The third-order valence-electron chi connectivity index (χ3n) is 3.23. The first kappa shape index (κ1) is 15.2. The number of aromatic nitrogens is 2. The highest BCUT2D eigenvalue weighted by molar-refractivity contribution is 7.98. The van der Waals surface area contributed by atoms with Gasteiger partial charge in [0, 0.05) is 16.2 Å². The SMILES string of the molecule is CSc1ccc(CSc2nnc(-c3ccc(C)cc3)o2)cc1. The molecule has 0 atom stereocenters. The van der Waals surface area contributed by atoms with Crippen LogP contribution in [-0.4, -0.2) is 16.5 Å². The summed E-state index contributed by atoms with van der Waals surface area (Å²) in [5, 5.41) is 8.82. The maximum absolute atomic E-state index is 5.71. The van der Waals surface area contributed by atoms with Gasteiger partial charge in [-0.15, -0.1) is 22.0 Å². The lowest BCUT2D eigenvalue weighted by molar-refractivity contribution is 0.466. The molecule has 5 heteroatoms. The van der Waals surface area contributed by atoms with Gasteiger partial charge in [-0.05, 0) is 43.0 Å². The maximum Gasteiger partial charge on any atom is 0.277 e. The molecule has 3 aromatic rings. The van der Waals surface area contributed by atoms with Gasteiger partial charge in [0.25, 0.3) is 5.22 Å². The van der Waals surface area contributed by atoms with E-state index in [4.69, 9.17) is 4.42 Å². The molecule has 0 aliphatic rings. The molecule has 3 rings (SSSR count). The Balaban J connectivity index is 1.65. The second kappa shape index (κ2) is 7.03. The number of hydrogen-bond acceptors (Lipinski definition) is 5. The molecule has 0 aliphatic heterocycles. The monoisotopic (exact) mass is 328 g/mol. The molecule has 112 valence electrons. The third kappa shape index (κ3) is 3.72. The summed E-state index contributed by atoms with van der Waals surface area (Å²) in [6, 6.07) is 16.6. The summed E-state index contributed by atoms with van der Waals surface area (Å²) in [4.78, 5) is 1.27. The van der Waals surface area contributed by atoms with E-state index in [1.54, 1.807) is 23.5 Å². The van der Waals surface area contributed by atoms with E-state index in [1.165, 1.54) is 16.0 Å². The van der Waals surface area contributed by atoms with Crippen molar-refractivity contribution in [1.29, 1.82) is 0 Å². The maximum atomic E-state index is 5.71. The van der Waals surface area contributed by atoms with E-state index in [0.29, 0.717) is 11.1 Å². The van der Waals surface area contributed by atoms with Crippen LogP contribution in [0.25, 0.3) is 11.5 Å². The first-order valence-electron chi connectivity index (χ1n) is 6.91. The molecule has 0 unspecified atom stereocenters. The fraction of sp³-hybridized carbons (Fsp3) is 0.176. The van der Waals surface area contributed by atoms with Gasteiger partial charge in [-0.3, -0.25) is 0 Å². The smallest absolute Gasteiger partial charge is 0.277 e. The van der Waals surface area contributed by atoms with E-state index in [-0.39, 0.29) is 0 Å². The molecule has 0 radical (unpaired) electrons. The van der Waals surface area contributed by atoms with E-state index >= 15 is 0 Å². The zero-order valence-electron chi connectivity index (χ0n) is 12.4. The molecule has 0 N–H and O–H groups in total. The van der Waals surface area contributed by atoms with Crippen LogP contribution in [0.15, 0.2) is 63.1 Å². The number of benzene rings is 2. The Morgan fingerprint density at radius 2 is 1.68 bits per heavy atom. The van der Waals surface area contributed by atoms with Crippen LogP contribution in [0.1, 0.15) is 11.1 Å². The summed E-state index contributed by atoms with van der Waals surface area (Å²) >= 11 is 3.30. The highest BCUT2D eigenvalue weighted by Gasteiger charge is 2.09. The van der Waals surface area contributed by atoms with E-state index < -0.39 is 0 Å². The molecular weight excluding hydrogens is 312 g/mol. The Morgan fingerprint density at radius 1 is 0.955 bits per heavy atom.